The fourth-order valence-corrected chi connectivity index (χ4v) is 11.1. The standard InChI is InChI=1S/C56H30N4O6.C7H10.CH4O/c61-42-26-43(62)53(63)54(64)49(42)51-55-50(34-10-3-6-15-44(34)66-55)57-56(58-51)27-16-22-45-36(24-27)37-25-28(17-23-46(37)65-45)59-39-14-5-2-9-33(39)47-30-19-21-41-48(31(30)18-20-40(47)59)35-12-7-11-32-29-8-1-4-13-38(29)60(41)52(32)35;1-3-5-7-6-4-2;1-2/h1-26,61-64H;3-7H,1H2,2H3;2H,1H3/b;6-4-,7-5-;. The third kappa shape index (κ3) is 6.58. The molecule has 0 radical (unpaired) electrons. The Hall–Kier alpha value is -10.1. The van der Waals surface area contributed by atoms with Gasteiger partial charge in [0, 0.05) is 72.9 Å². The molecule has 0 amide bonds. The lowest BCUT2D eigenvalue weighted by atomic mass is 9.98. The number of rotatable bonds is 5. The van der Waals surface area contributed by atoms with Gasteiger partial charge in [-0.15, -0.1) is 0 Å². The van der Waals surface area contributed by atoms with E-state index < -0.39 is 23.0 Å². The molecule has 362 valence electrons. The van der Waals surface area contributed by atoms with E-state index in [0.29, 0.717) is 33.2 Å². The van der Waals surface area contributed by atoms with Crippen LogP contribution in [0.4, 0.5) is 0 Å². The molecule has 6 heterocycles. The number of hydrogen-bond donors (Lipinski definition) is 5. The Labute approximate surface area is 426 Å². The number of hydrogen-bond acceptors (Lipinski definition) is 9. The summed E-state index contributed by atoms with van der Waals surface area (Å²) in [5, 5.41) is 62.0. The Bertz CT molecular complexity index is 4900. The SMILES string of the molecule is C=C/C=C\C=C/C.CO.Oc1cc(O)c(-c2nc(-c3ccc4oc5ccc(-n6c7ccccc7c7c8ccc9c(c8ccc76)c6cccc7c8ccccc8n9c76)cc5c4c3)nc3c2oc2ccccc23)c(O)c1O. The van der Waals surface area contributed by atoms with Gasteiger partial charge in [-0.05, 0) is 90.5 Å². The third-order valence-corrected chi connectivity index (χ3v) is 14.2. The van der Waals surface area contributed by atoms with Gasteiger partial charge >= 0.3 is 0 Å². The smallest absolute Gasteiger partial charge is 0.201 e. The Morgan fingerprint density at radius 1 is 0.493 bits per heavy atom. The molecule has 15 aromatic rings. The van der Waals surface area contributed by atoms with E-state index in [1.807, 2.05) is 73.7 Å². The highest BCUT2D eigenvalue weighted by molar-refractivity contribution is 6.33. The van der Waals surface area contributed by atoms with Crippen molar-refractivity contribution < 1.29 is 34.4 Å². The number of aromatic hydroxyl groups is 4. The number of furan rings is 2. The van der Waals surface area contributed by atoms with Gasteiger partial charge < -0.3 is 43.3 Å². The topological polar surface area (TPSA) is 163 Å². The second kappa shape index (κ2) is 17.3. The first-order valence-electron chi connectivity index (χ1n) is 24.3. The zero-order chi connectivity index (χ0) is 51.2. The van der Waals surface area contributed by atoms with Crippen molar-refractivity contribution in [3.8, 4) is 51.3 Å². The van der Waals surface area contributed by atoms with Crippen molar-refractivity contribution in [3.05, 3.63) is 195 Å². The number of allylic oxidation sites excluding steroid dienone is 5. The van der Waals surface area contributed by atoms with E-state index in [1.165, 1.54) is 54.3 Å². The molecule has 0 aliphatic carbocycles. The van der Waals surface area contributed by atoms with Crippen molar-refractivity contribution in [3.63, 3.8) is 0 Å². The quantitative estimate of drug-likeness (QED) is 0.0642. The lowest BCUT2D eigenvalue weighted by Crippen LogP contribution is -1.95. The molecule has 0 fully saturated rings. The van der Waals surface area contributed by atoms with E-state index >= 15 is 0 Å². The molecular weight excluding hydrogens is 937 g/mol. The molecular formula is C64H44N4O7. The molecule has 0 aliphatic rings. The number of para-hydroxylation sites is 4. The van der Waals surface area contributed by atoms with Gasteiger partial charge in [0.2, 0.25) is 5.75 Å². The van der Waals surface area contributed by atoms with Crippen molar-refractivity contribution in [1.29, 1.82) is 0 Å². The van der Waals surface area contributed by atoms with Gasteiger partial charge in [-0.1, -0.05) is 116 Å². The fraction of sp³-hybridized carbons (Fsp3) is 0.0312. The Balaban J connectivity index is 0.000000559. The lowest BCUT2D eigenvalue weighted by Gasteiger charge is -2.11. The zero-order valence-electron chi connectivity index (χ0n) is 40.4. The van der Waals surface area contributed by atoms with Crippen LogP contribution in [-0.2, 0) is 0 Å². The first-order valence-corrected chi connectivity index (χ1v) is 24.3. The van der Waals surface area contributed by atoms with E-state index in [2.05, 4.69) is 119 Å². The molecule has 9 aromatic carbocycles. The van der Waals surface area contributed by atoms with Crippen LogP contribution in [0.1, 0.15) is 6.92 Å². The number of benzene rings is 9. The Morgan fingerprint density at radius 2 is 1.15 bits per heavy atom. The van der Waals surface area contributed by atoms with E-state index in [-0.39, 0.29) is 22.7 Å². The molecule has 0 spiro atoms. The third-order valence-electron chi connectivity index (χ3n) is 14.2. The van der Waals surface area contributed by atoms with Crippen LogP contribution in [0.5, 0.6) is 23.0 Å². The minimum absolute atomic E-state index is 0.0413. The Kier molecular flexibility index (Phi) is 10.3. The minimum atomic E-state index is -0.795. The molecule has 0 aliphatic heterocycles. The van der Waals surface area contributed by atoms with Crippen molar-refractivity contribution in [2.24, 2.45) is 0 Å². The molecule has 75 heavy (non-hydrogen) atoms. The summed E-state index contributed by atoms with van der Waals surface area (Å²) in [5.41, 5.74) is 9.83. The lowest BCUT2D eigenvalue weighted by molar-refractivity contribution is 0.362. The predicted molar refractivity (Wildman–Crippen MR) is 303 cm³/mol. The van der Waals surface area contributed by atoms with Crippen LogP contribution in [0, 0.1) is 0 Å². The number of phenols is 4. The van der Waals surface area contributed by atoms with Gasteiger partial charge in [-0.25, -0.2) is 9.97 Å². The predicted octanol–water partition coefficient (Wildman–Crippen LogP) is 15.7. The highest BCUT2D eigenvalue weighted by Gasteiger charge is 2.27. The summed E-state index contributed by atoms with van der Waals surface area (Å²) in [7, 11) is 1.00. The average molecular weight is 981 g/mol. The van der Waals surface area contributed by atoms with E-state index in [0.717, 1.165) is 46.1 Å². The van der Waals surface area contributed by atoms with Crippen LogP contribution >= 0.6 is 0 Å². The maximum absolute atomic E-state index is 11.1. The van der Waals surface area contributed by atoms with Crippen molar-refractivity contribution in [2.45, 2.75) is 6.92 Å². The number of fused-ring (bicyclic) bond motifs is 18. The van der Waals surface area contributed by atoms with Gasteiger partial charge in [0.15, 0.2) is 22.9 Å². The maximum atomic E-state index is 11.1. The largest absolute Gasteiger partial charge is 0.507 e. The summed E-state index contributed by atoms with van der Waals surface area (Å²) >= 11 is 0. The summed E-state index contributed by atoms with van der Waals surface area (Å²) in [6.45, 7) is 5.49. The minimum Gasteiger partial charge on any atom is -0.507 e. The summed E-state index contributed by atoms with van der Waals surface area (Å²) < 4.78 is 17.4. The second-order valence-electron chi connectivity index (χ2n) is 18.2. The van der Waals surface area contributed by atoms with E-state index in [4.69, 9.17) is 23.9 Å². The van der Waals surface area contributed by atoms with E-state index in [1.54, 1.807) is 12.1 Å². The molecule has 0 unspecified atom stereocenters. The number of aromatic nitrogens is 4. The molecule has 11 nitrogen and oxygen atoms in total. The first kappa shape index (κ1) is 44.8. The van der Waals surface area contributed by atoms with Crippen LogP contribution in [0.25, 0.3) is 143 Å². The van der Waals surface area contributed by atoms with Crippen LogP contribution in [-0.4, -0.2) is 51.6 Å². The molecule has 5 N–H and O–H groups in total. The fourth-order valence-electron chi connectivity index (χ4n) is 11.1. The number of aliphatic hydroxyl groups is 1. The van der Waals surface area contributed by atoms with Gasteiger partial charge in [-0.2, -0.15) is 0 Å². The van der Waals surface area contributed by atoms with Crippen molar-refractivity contribution in [1.82, 2.24) is 18.9 Å². The van der Waals surface area contributed by atoms with Crippen molar-refractivity contribution in [2.75, 3.05) is 7.11 Å². The molecule has 11 heteroatoms. The van der Waals surface area contributed by atoms with E-state index in [9.17, 15) is 20.4 Å². The van der Waals surface area contributed by atoms with Gasteiger partial charge in [0.25, 0.3) is 0 Å². The number of nitrogens with zero attached hydrogens (tertiary/aromatic N) is 4. The molecule has 0 saturated carbocycles. The zero-order valence-corrected chi connectivity index (χ0v) is 40.4. The molecule has 6 aromatic heterocycles. The Morgan fingerprint density at radius 3 is 1.93 bits per heavy atom. The summed E-state index contributed by atoms with van der Waals surface area (Å²) in [5.74, 6) is -2.44. The normalized spacial score (nSPS) is 12.1. The van der Waals surface area contributed by atoms with Crippen LogP contribution in [0.3, 0.4) is 0 Å². The first-order chi connectivity index (χ1) is 36.8. The number of aliphatic hydroxyl groups excluding tert-OH is 1. The van der Waals surface area contributed by atoms with Crippen LogP contribution in [0.2, 0.25) is 0 Å². The highest BCUT2D eigenvalue weighted by atomic mass is 16.3. The molecule has 15 rings (SSSR count). The summed E-state index contributed by atoms with van der Waals surface area (Å²) in [6, 6.07) is 53.3. The van der Waals surface area contributed by atoms with Crippen LogP contribution < -0.4 is 0 Å². The summed E-state index contributed by atoms with van der Waals surface area (Å²) in [4.78, 5) is 9.83. The molecule has 0 bridgehead atoms. The van der Waals surface area contributed by atoms with Gasteiger partial charge in [0.1, 0.15) is 33.7 Å². The van der Waals surface area contributed by atoms with Crippen molar-refractivity contribution >= 4 is 115 Å². The number of phenolic OH excluding ortho intramolecular Hbond substituents is 4. The molecule has 0 atom stereocenters. The van der Waals surface area contributed by atoms with Gasteiger partial charge in [-0.3, -0.25) is 0 Å². The molecule has 0 saturated heterocycles. The average Bonchev–Trinajstić information content (AvgIpc) is 4.42. The van der Waals surface area contributed by atoms with Gasteiger partial charge in [0.05, 0.1) is 33.1 Å². The monoisotopic (exact) mass is 980 g/mol. The second-order valence-corrected chi connectivity index (χ2v) is 18.2. The van der Waals surface area contributed by atoms with Crippen LogP contribution in [0.15, 0.2) is 204 Å². The maximum Gasteiger partial charge on any atom is 0.201 e. The highest BCUT2D eigenvalue weighted by Crippen LogP contribution is 2.51. The summed E-state index contributed by atoms with van der Waals surface area (Å²) in [6.07, 6.45) is 9.51.